The SMILES string of the molecule is CCCc1ccc2c(c1F)C(F)(F)Oc1c-2ccc(OCC)c1F. The Balaban J connectivity index is 2.24. The van der Waals surface area contributed by atoms with Gasteiger partial charge in [0, 0.05) is 11.1 Å². The number of hydrogen-bond acceptors (Lipinski definition) is 2. The van der Waals surface area contributed by atoms with Gasteiger partial charge in [0.2, 0.25) is 5.82 Å². The fourth-order valence-corrected chi connectivity index (χ4v) is 2.89. The van der Waals surface area contributed by atoms with Gasteiger partial charge in [-0.25, -0.2) is 4.39 Å². The first-order valence-corrected chi connectivity index (χ1v) is 7.75. The lowest BCUT2D eigenvalue weighted by molar-refractivity contribution is -0.190. The van der Waals surface area contributed by atoms with Gasteiger partial charge in [-0.05, 0) is 31.0 Å². The lowest BCUT2D eigenvalue weighted by Crippen LogP contribution is -2.29. The van der Waals surface area contributed by atoms with E-state index in [2.05, 4.69) is 4.74 Å². The number of aryl methyl sites for hydroxylation is 1. The number of alkyl halides is 2. The van der Waals surface area contributed by atoms with Crippen LogP contribution < -0.4 is 9.47 Å². The highest BCUT2D eigenvalue weighted by Crippen LogP contribution is 2.50. The molecular formula is C18H16F4O2. The van der Waals surface area contributed by atoms with Crippen LogP contribution in [0.2, 0.25) is 0 Å². The standard InChI is InChI=1S/C18H16F4O2/c1-3-5-10-6-7-11-12-8-9-13(23-4-2)16(20)17(12)24-18(21,22)14(11)15(10)19/h6-9H,3-5H2,1-2H3. The number of rotatable bonds is 4. The zero-order valence-corrected chi connectivity index (χ0v) is 13.3. The molecule has 1 aliphatic heterocycles. The molecule has 0 N–H and O–H groups in total. The van der Waals surface area contributed by atoms with Crippen molar-refractivity contribution in [3.63, 3.8) is 0 Å². The molecule has 0 amide bonds. The van der Waals surface area contributed by atoms with Crippen molar-refractivity contribution in [2.24, 2.45) is 0 Å². The first-order chi connectivity index (χ1) is 11.4. The van der Waals surface area contributed by atoms with E-state index in [1.165, 1.54) is 24.3 Å². The van der Waals surface area contributed by atoms with Crippen LogP contribution >= 0.6 is 0 Å². The highest BCUT2D eigenvalue weighted by molar-refractivity contribution is 5.77. The fourth-order valence-electron chi connectivity index (χ4n) is 2.89. The second-order valence-electron chi connectivity index (χ2n) is 5.52. The minimum absolute atomic E-state index is 0.0689. The van der Waals surface area contributed by atoms with Crippen LogP contribution in [0.15, 0.2) is 24.3 Å². The van der Waals surface area contributed by atoms with E-state index in [0.29, 0.717) is 12.8 Å². The van der Waals surface area contributed by atoms with Crippen LogP contribution in [0.1, 0.15) is 31.4 Å². The molecule has 2 aromatic rings. The van der Waals surface area contributed by atoms with E-state index in [4.69, 9.17) is 4.74 Å². The van der Waals surface area contributed by atoms with Gasteiger partial charge in [-0.15, -0.1) is 0 Å². The third-order valence-corrected chi connectivity index (χ3v) is 3.91. The maximum atomic E-state index is 14.6. The molecule has 0 saturated heterocycles. The Morgan fingerprint density at radius 1 is 1.00 bits per heavy atom. The van der Waals surface area contributed by atoms with Crippen LogP contribution in [0.5, 0.6) is 11.5 Å². The summed E-state index contributed by atoms with van der Waals surface area (Å²) in [5, 5.41) is 0. The quantitative estimate of drug-likeness (QED) is 0.692. The molecule has 0 unspecified atom stereocenters. The van der Waals surface area contributed by atoms with Crippen molar-refractivity contribution in [1.29, 1.82) is 0 Å². The maximum absolute atomic E-state index is 14.6. The molecule has 0 radical (unpaired) electrons. The molecule has 3 rings (SSSR count). The smallest absolute Gasteiger partial charge is 0.430 e. The molecular weight excluding hydrogens is 324 g/mol. The Hall–Kier alpha value is -2.24. The number of halogens is 4. The Kier molecular flexibility index (Phi) is 4.15. The highest BCUT2D eigenvalue weighted by Gasteiger charge is 2.46. The first kappa shape index (κ1) is 16.6. The highest BCUT2D eigenvalue weighted by atomic mass is 19.3. The van der Waals surface area contributed by atoms with Crippen LogP contribution in [-0.2, 0) is 12.5 Å². The molecule has 0 aromatic heterocycles. The molecule has 6 heteroatoms. The van der Waals surface area contributed by atoms with Crippen LogP contribution in [-0.4, -0.2) is 6.61 Å². The van der Waals surface area contributed by atoms with Crippen LogP contribution in [0.3, 0.4) is 0 Å². The van der Waals surface area contributed by atoms with E-state index in [0.717, 1.165) is 0 Å². The Labute approximate surface area is 137 Å². The van der Waals surface area contributed by atoms with Gasteiger partial charge in [-0.3, -0.25) is 0 Å². The molecule has 2 aromatic carbocycles. The number of hydrogen-bond donors (Lipinski definition) is 0. The zero-order valence-electron chi connectivity index (χ0n) is 13.3. The summed E-state index contributed by atoms with van der Waals surface area (Å²) in [4.78, 5) is 0. The molecule has 0 atom stereocenters. The average Bonchev–Trinajstić information content (AvgIpc) is 2.53. The van der Waals surface area contributed by atoms with Crippen LogP contribution in [0.25, 0.3) is 11.1 Å². The largest absolute Gasteiger partial charge is 0.491 e. The fraction of sp³-hybridized carbons (Fsp3) is 0.333. The summed E-state index contributed by atoms with van der Waals surface area (Å²) in [5.41, 5.74) is -0.640. The van der Waals surface area contributed by atoms with Gasteiger partial charge in [0.05, 0.1) is 6.61 Å². The van der Waals surface area contributed by atoms with E-state index in [9.17, 15) is 17.6 Å². The Morgan fingerprint density at radius 2 is 1.71 bits per heavy atom. The predicted molar refractivity (Wildman–Crippen MR) is 81.5 cm³/mol. The van der Waals surface area contributed by atoms with Crippen molar-refractivity contribution in [2.75, 3.05) is 6.61 Å². The Morgan fingerprint density at radius 3 is 2.38 bits per heavy atom. The van der Waals surface area contributed by atoms with Gasteiger partial charge < -0.3 is 9.47 Å². The van der Waals surface area contributed by atoms with Gasteiger partial charge in [-0.2, -0.15) is 13.2 Å². The number of ether oxygens (including phenoxy) is 2. The summed E-state index contributed by atoms with van der Waals surface area (Å²) in [6.07, 6.45) is -3.01. The third-order valence-electron chi connectivity index (χ3n) is 3.91. The summed E-state index contributed by atoms with van der Waals surface area (Å²) < 4.78 is 67.3. The molecule has 0 bridgehead atoms. The third kappa shape index (κ3) is 2.50. The van der Waals surface area contributed by atoms with Crippen molar-refractivity contribution in [1.82, 2.24) is 0 Å². The molecule has 1 aliphatic rings. The summed E-state index contributed by atoms with van der Waals surface area (Å²) in [6, 6.07) is 5.57. The average molecular weight is 340 g/mol. The number of fused-ring (bicyclic) bond motifs is 3. The predicted octanol–water partition coefficient (Wildman–Crippen LogP) is 5.42. The van der Waals surface area contributed by atoms with Gasteiger partial charge in [0.25, 0.3) is 0 Å². The van der Waals surface area contributed by atoms with Crippen molar-refractivity contribution in [3.05, 3.63) is 47.0 Å². The number of benzene rings is 2. The first-order valence-electron chi connectivity index (χ1n) is 7.75. The summed E-state index contributed by atoms with van der Waals surface area (Å²) in [5.74, 6) is -2.82. The second kappa shape index (κ2) is 6.00. The summed E-state index contributed by atoms with van der Waals surface area (Å²) in [7, 11) is 0. The molecule has 128 valence electrons. The zero-order chi connectivity index (χ0) is 17.5. The Bertz CT molecular complexity index is 787. The van der Waals surface area contributed by atoms with E-state index in [1.807, 2.05) is 6.92 Å². The minimum atomic E-state index is -3.96. The molecule has 0 saturated carbocycles. The van der Waals surface area contributed by atoms with Gasteiger partial charge >= 0.3 is 6.11 Å². The molecule has 0 aliphatic carbocycles. The monoisotopic (exact) mass is 340 g/mol. The van der Waals surface area contributed by atoms with Crippen molar-refractivity contribution in [2.45, 2.75) is 32.8 Å². The maximum Gasteiger partial charge on any atom is 0.430 e. The van der Waals surface area contributed by atoms with Crippen LogP contribution in [0, 0.1) is 11.6 Å². The molecule has 2 nitrogen and oxygen atoms in total. The minimum Gasteiger partial charge on any atom is -0.491 e. The van der Waals surface area contributed by atoms with Gasteiger partial charge in [-0.1, -0.05) is 25.5 Å². The van der Waals surface area contributed by atoms with Gasteiger partial charge in [0.15, 0.2) is 11.5 Å². The van der Waals surface area contributed by atoms with Crippen molar-refractivity contribution >= 4 is 0 Å². The van der Waals surface area contributed by atoms with E-state index in [-0.39, 0.29) is 29.0 Å². The van der Waals surface area contributed by atoms with Crippen molar-refractivity contribution < 1.29 is 27.0 Å². The second-order valence-corrected chi connectivity index (χ2v) is 5.52. The van der Waals surface area contributed by atoms with Crippen molar-refractivity contribution in [3.8, 4) is 22.6 Å². The molecule has 0 spiro atoms. The molecule has 0 fully saturated rings. The van der Waals surface area contributed by atoms with E-state index in [1.54, 1.807) is 6.92 Å². The van der Waals surface area contributed by atoms with E-state index < -0.39 is 29.1 Å². The summed E-state index contributed by atoms with van der Waals surface area (Å²) in [6.45, 7) is 3.65. The normalized spacial score (nSPS) is 14.6. The van der Waals surface area contributed by atoms with Crippen LogP contribution in [0.4, 0.5) is 17.6 Å². The van der Waals surface area contributed by atoms with E-state index >= 15 is 0 Å². The molecule has 24 heavy (non-hydrogen) atoms. The van der Waals surface area contributed by atoms with Gasteiger partial charge in [0.1, 0.15) is 11.4 Å². The molecule has 1 heterocycles. The lowest BCUT2D eigenvalue weighted by Gasteiger charge is -2.29. The lowest BCUT2D eigenvalue weighted by atomic mass is 9.92. The topological polar surface area (TPSA) is 18.5 Å². The summed E-state index contributed by atoms with van der Waals surface area (Å²) >= 11 is 0.